The molecule has 3 rings (SSSR count). The Balaban J connectivity index is 1.49. The second-order valence-electron chi connectivity index (χ2n) is 5.62. The van der Waals surface area contributed by atoms with Gasteiger partial charge in [-0.25, -0.2) is 4.98 Å². The van der Waals surface area contributed by atoms with E-state index in [9.17, 15) is 4.79 Å². The normalized spacial score (nSPS) is 21.5. The lowest BCUT2D eigenvalue weighted by molar-refractivity contribution is -0.125. The molecular formula is C14H21N3OS. The number of amides is 1. The molecule has 19 heavy (non-hydrogen) atoms. The van der Waals surface area contributed by atoms with Crippen molar-refractivity contribution in [3.63, 3.8) is 0 Å². The van der Waals surface area contributed by atoms with Crippen LogP contribution in [-0.2, 0) is 11.3 Å². The number of carbonyl (C=O) groups excluding carboxylic acids is 1. The molecule has 2 aliphatic rings. The van der Waals surface area contributed by atoms with Gasteiger partial charge in [-0.1, -0.05) is 0 Å². The first-order valence-electron chi connectivity index (χ1n) is 7.14. The van der Waals surface area contributed by atoms with E-state index in [0.717, 1.165) is 38.4 Å². The first-order chi connectivity index (χ1) is 9.26. The van der Waals surface area contributed by atoms with Gasteiger partial charge >= 0.3 is 0 Å². The predicted molar refractivity (Wildman–Crippen MR) is 76.2 cm³/mol. The molecule has 1 aliphatic heterocycles. The second kappa shape index (κ2) is 5.59. The standard InChI is InChI=1S/C14H21N3OS/c1-15-13(18)10-4-6-17(7-5-10)8-12-9-19-14(16-12)11-2-3-11/h9-11H,2-8H2,1H3,(H,15,18). The van der Waals surface area contributed by atoms with Gasteiger partial charge in [-0.15, -0.1) is 11.3 Å². The van der Waals surface area contributed by atoms with Crippen molar-refractivity contribution in [3.05, 3.63) is 16.1 Å². The number of nitrogens with zero attached hydrogens (tertiary/aromatic N) is 2. The third kappa shape index (κ3) is 3.15. The summed E-state index contributed by atoms with van der Waals surface area (Å²) < 4.78 is 0. The maximum atomic E-state index is 11.6. The van der Waals surface area contributed by atoms with Crippen molar-refractivity contribution in [3.8, 4) is 0 Å². The molecule has 1 aliphatic carbocycles. The third-order valence-corrected chi connectivity index (χ3v) is 5.14. The van der Waals surface area contributed by atoms with Crippen LogP contribution < -0.4 is 5.32 Å². The van der Waals surface area contributed by atoms with Gasteiger partial charge < -0.3 is 5.32 Å². The van der Waals surface area contributed by atoms with Gasteiger partial charge in [-0.05, 0) is 38.8 Å². The minimum Gasteiger partial charge on any atom is -0.359 e. The van der Waals surface area contributed by atoms with Crippen molar-refractivity contribution >= 4 is 17.2 Å². The van der Waals surface area contributed by atoms with Gasteiger partial charge in [0.1, 0.15) is 0 Å². The molecule has 0 atom stereocenters. The molecule has 2 fully saturated rings. The summed E-state index contributed by atoms with van der Waals surface area (Å²) in [4.78, 5) is 18.7. The molecule has 1 aromatic rings. The Hall–Kier alpha value is -0.940. The molecule has 1 aromatic heterocycles. The number of hydrogen-bond donors (Lipinski definition) is 1. The fraction of sp³-hybridized carbons (Fsp3) is 0.714. The van der Waals surface area contributed by atoms with Crippen LogP contribution in [0.4, 0.5) is 0 Å². The van der Waals surface area contributed by atoms with Crippen LogP contribution in [0.15, 0.2) is 5.38 Å². The Bertz CT molecular complexity index is 447. The minimum absolute atomic E-state index is 0.198. The smallest absolute Gasteiger partial charge is 0.222 e. The lowest BCUT2D eigenvalue weighted by atomic mass is 9.96. The van der Waals surface area contributed by atoms with E-state index < -0.39 is 0 Å². The molecule has 1 saturated heterocycles. The Morgan fingerprint density at radius 2 is 2.16 bits per heavy atom. The summed E-state index contributed by atoms with van der Waals surface area (Å²) in [5.41, 5.74) is 1.21. The average molecular weight is 279 g/mol. The Morgan fingerprint density at radius 1 is 1.42 bits per heavy atom. The van der Waals surface area contributed by atoms with E-state index in [1.807, 2.05) is 11.3 Å². The van der Waals surface area contributed by atoms with Gasteiger partial charge in [0, 0.05) is 30.8 Å². The first kappa shape index (κ1) is 13.1. The maximum Gasteiger partial charge on any atom is 0.222 e. The predicted octanol–water partition coefficient (Wildman–Crippen LogP) is 1.98. The van der Waals surface area contributed by atoms with Crippen molar-refractivity contribution in [2.45, 2.75) is 38.1 Å². The zero-order valence-electron chi connectivity index (χ0n) is 11.4. The summed E-state index contributed by atoms with van der Waals surface area (Å²) in [7, 11) is 1.73. The average Bonchev–Trinajstić information content (AvgIpc) is 3.20. The Morgan fingerprint density at radius 3 is 2.79 bits per heavy atom. The molecule has 1 N–H and O–H groups in total. The molecule has 4 nitrogen and oxygen atoms in total. The highest BCUT2D eigenvalue weighted by Gasteiger charge is 2.28. The van der Waals surface area contributed by atoms with Crippen LogP contribution in [0.3, 0.4) is 0 Å². The maximum absolute atomic E-state index is 11.6. The van der Waals surface area contributed by atoms with E-state index >= 15 is 0 Å². The monoisotopic (exact) mass is 279 g/mol. The van der Waals surface area contributed by atoms with Gasteiger partial charge in [0.05, 0.1) is 10.7 Å². The summed E-state index contributed by atoms with van der Waals surface area (Å²) in [5.74, 6) is 1.17. The summed E-state index contributed by atoms with van der Waals surface area (Å²) in [5, 5.41) is 6.29. The summed E-state index contributed by atoms with van der Waals surface area (Å²) in [6, 6.07) is 0. The zero-order valence-corrected chi connectivity index (χ0v) is 12.2. The number of hydrogen-bond acceptors (Lipinski definition) is 4. The SMILES string of the molecule is CNC(=O)C1CCN(Cc2csc(C3CC3)n2)CC1. The van der Waals surface area contributed by atoms with Crippen molar-refractivity contribution in [2.75, 3.05) is 20.1 Å². The van der Waals surface area contributed by atoms with E-state index in [-0.39, 0.29) is 11.8 Å². The summed E-state index contributed by atoms with van der Waals surface area (Å²) >= 11 is 1.82. The number of rotatable bonds is 4. The third-order valence-electron chi connectivity index (χ3n) is 4.09. The number of thiazole rings is 1. The number of nitrogens with one attached hydrogen (secondary N) is 1. The van der Waals surface area contributed by atoms with Crippen LogP contribution in [0.1, 0.15) is 42.3 Å². The minimum atomic E-state index is 0.198. The molecule has 0 bridgehead atoms. The van der Waals surface area contributed by atoms with E-state index in [1.54, 1.807) is 7.05 Å². The van der Waals surface area contributed by atoms with Crippen LogP contribution in [0.5, 0.6) is 0 Å². The lowest BCUT2D eigenvalue weighted by Gasteiger charge is -2.30. The van der Waals surface area contributed by atoms with Crippen LogP contribution in [0.2, 0.25) is 0 Å². The topological polar surface area (TPSA) is 45.2 Å². The van der Waals surface area contributed by atoms with Crippen LogP contribution >= 0.6 is 11.3 Å². The number of aromatic nitrogens is 1. The molecule has 1 saturated carbocycles. The molecule has 0 unspecified atom stereocenters. The highest BCUT2D eigenvalue weighted by molar-refractivity contribution is 7.09. The van der Waals surface area contributed by atoms with E-state index in [0.29, 0.717) is 0 Å². The molecule has 5 heteroatoms. The van der Waals surface area contributed by atoms with E-state index in [1.165, 1.54) is 23.5 Å². The molecule has 104 valence electrons. The van der Waals surface area contributed by atoms with Crippen molar-refractivity contribution in [1.29, 1.82) is 0 Å². The van der Waals surface area contributed by atoms with E-state index in [4.69, 9.17) is 4.98 Å². The van der Waals surface area contributed by atoms with Gasteiger partial charge in [-0.3, -0.25) is 9.69 Å². The Labute approximate surface area is 118 Å². The van der Waals surface area contributed by atoms with Gasteiger partial charge in [0.2, 0.25) is 5.91 Å². The molecule has 0 spiro atoms. The van der Waals surface area contributed by atoms with E-state index in [2.05, 4.69) is 15.6 Å². The first-order valence-corrected chi connectivity index (χ1v) is 8.02. The molecular weight excluding hydrogens is 258 g/mol. The molecule has 1 amide bonds. The lowest BCUT2D eigenvalue weighted by Crippen LogP contribution is -2.39. The summed E-state index contributed by atoms with van der Waals surface area (Å²) in [6.07, 6.45) is 4.59. The molecule has 2 heterocycles. The summed E-state index contributed by atoms with van der Waals surface area (Å²) in [6.45, 7) is 2.96. The number of likely N-dealkylation sites (tertiary alicyclic amines) is 1. The van der Waals surface area contributed by atoms with Crippen LogP contribution in [-0.4, -0.2) is 35.9 Å². The number of carbonyl (C=O) groups is 1. The fourth-order valence-corrected chi connectivity index (χ4v) is 3.68. The zero-order chi connectivity index (χ0) is 13.2. The van der Waals surface area contributed by atoms with Crippen molar-refractivity contribution < 1.29 is 4.79 Å². The van der Waals surface area contributed by atoms with Crippen LogP contribution in [0, 0.1) is 5.92 Å². The quantitative estimate of drug-likeness (QED) is 0.916. The second-order valence-corrected chi connectivity index (χ2v) is 6.51. The number of piperidine rings is 1. The van der Waals surface area contributed by atoms with Crippen molar-refractivity contribution in [2.24, 2.45) is 5.92 Å². The largest absolute Gasteiger partial charge is 0.359 e. The van der Waals surface area contributed by atoms with Crippen LogP contribution in [0.25, 0.3) is 0 Å². The highest BCUT2D eigenvalue weighted by Crippen LogP contribution is 2.41. The molecule has 0 aromatic carbocycles. The van der Waals surface area contributed by atoms with Gasteiger partial charge in [0.15, 0.2) is 0 Å². The van der Waals surface area contributed by atoms with Crippen molar-refractivity contribution in [1.82, 2.24) is 15.2 Å². The van der Waals surface area contributed by atoms with Gasteiger partial charge in [-0.2, -0.15) is 0 Å². The highest BCUT2D eigenvalue weighted by atomic mass is 32.1. The fourth-order valence-electron chi connectivity index (χ4n) is 2.70. The molecule has 0 radical (unpaired) electrons. The Kier molecular flexibility index (Phi) is 3.84. The van der Waals surface area contributed by atoms with Gasteiger partial charge in [0.25, 0.3) is 0 Å².